The van der Waals surface area contributed by atoms with E-state index in [2.05, 4.69) is 12.2 Å². The maximum absolute atomic E-state index is 12.3. The SMILES string of the molecule is CC1CCCC(O)(CNC(=O)C2CCCCCC2N)C1. The highest BCUT2D eigenvalue weighted by atomic mass is 16.3. The average Bonchev–Trinajstić information content (AvgIpc) is 2.60. The van der Waals surface area contributed by atoms with Crippen LogP contribution in [0.5, 0.6) is 0 Å². The summed E-state index contributed by atoms with van der Waals surface area (Å²) in [5, 5.41) is 13.5. The van der Waals surface area contributed by atoms with Crippen LogP contribution in [-0.2, 0) is 4.79 Å². The minimum atomic E-state index is -0.706. The highest BCUT2D eigenvalue weighted by Gasteiger charge is 2.34. The first-order valence-electron chi connectivity index (χ1n) is 8.26. The summed E-state index contributed by atoms with van der Waals surface area (Å²) in [5.41, 5.74) is 5.41. The van der Waals surface area contributed by atoms with Crippen molar-refractivity contribution in [1.82, 2.24) is 5.32 Å². The molecule has 4 nitrogen and oxygen atoms in total. The largest absolute Gasteiger partial charge is 0.388 e. The Morgan fingerprint density at radius 2 is 2.00 bits per heavy atom. The van der Waals surface area contributed by atoms with Crippen molar-refractivity contribution in [1.29, 1.82) is 0 Å². The van der Waals surface area contributed by atoms with Gasteiger partial charge in [-0.25, -0.2) is 0 Å². The molecule has 0 saturated heterocycles. The van der Waals surface area contributed by atoms with Crippen molar-refractivity contribution in [3.63, 3.8) is 0 Å². The van der Waals surface area contributed by atoms with Crippen LogP contribution in [0.15, 0.2) is 0 Å². The molecule has 4 N–H and O–H groups in total. The molecule has 0 spiro atoms. The summed E-state index contributed by atoms with van der Waals surface area (Å²) in [6, 6.07) is -0.0163. The van der Waals surface area contributed by atoms with Crippen molar-refractivity contribution in [2.75, 3.05) is 6.54 Å². The number of nitrogens with two attached hydrogens (primary N) is 1. The van der Waals surface area contributed by atoms with Gasteiger partial charge in [0.25, 0.3) is 0 Å². The topological polar surface area (TPSA) is 75.3 Å². The number of aliphatic hydroxyl groups is 1. The first-order valence-corrected chi connectivity index (χ1v) is 8.26. The number of carbonyl (C=O) groups excluding carboxylic acids is 1. The summed E-state index contributed by atoms with van der Waals surface area (Å²) in [7, 11) is 0. The highest BCUT2D eigenvalue weighted by Crippen LogP contribution is 2.32. The van der Waals surface area contributed by atoms with Crippen LogP contribution in [-0.4, -0.2) is 29.2 Å². The molecule has 0 heterocycles. The van der Waals surface area contributed by atoms with E-state index in [9.17, 15) is 9.90 Å². The van der Waals surface area contributed by atoms with Crippen LogP contribution < -0.4 is 11.1 Å². The van der Waals surface area contributed by atoms with Crippen LogP contribution in [0.4, 0.5) is 0 Å². The number of rotatable bonds is 3. The molecule has 116 valence electrons. The van der Waals surface area contributed by atoms with Gasteiger partial charge in [-0.15, -0.1) is 0 Å². The Bertz CT molecular complexity index is 334. The molecular formula is C16H30N2O2. The molecule has 0 bridgehead atoms. The minimum Gasteiger partial charge on any atom is -0.388 e. The second kappa shape index (κ2) is 6.90. The summed E-state index contributed by atoms with van der Waals surface area (Å²) in [5.74, 6) is 0.527. The first-order chi connectivity index (χ1) is 9.50. The number of hydrogen-bond donors (Lipinski definition) is 3. The molecule has 4 heteroatoms. The van der Waals surface area contributed by atoms with Gasteiger partial charge >= 0.3 is 0 Å². The molecule has 2 aliphatic carbocycles. The summed E-state index contributed by atoms with van der Waals surface area (Å²) < 4.78 is 0. The van der Waals surface area contributed by atoms with Crippen molar-refractivity contribution >= 4 is 5.91 Å². The number of hydrogen-bond acceptors (Lipinski definition) is 3. The molecule has 2 rings (SSSR count). The lowest BCUT2D eigenvalue weighted by atomic mass is 9.79. The molecule has 0 aliphatic heterocycles. The molecule has 0 aromatic carbocycles. The standard InChI is InChI=1S/C16H30N2O2/c1-12-6-5-9-16(20,10-12)11-18-15(19)13-7-3-2-4-8-14(13)17/h12-14,20H,2-11,17H2,1H3,(H,18,19). The molecule has 2 aliphatic rings. The Labute approximate surface area is 122 Å². The lowest BCUT2D eigenvalue weighted by Crippen LogP contribution is -2.49. The predicted octanol–water partition coefficient (Wildman–Crippen LogP) is 1.95. The van der Waals surface area contributed by atoms with Gasteiger partial charge in [0.05, 0.1) is 11.5 Å². The molecule has 2 saturated carbocycles. The van der Waals surface area contributed by atoms with Gasteiger partial charge in [0.2, 0.25) is 5.91 Å². The Hall–Kier alpha value is -0.610. The molecule has 4 unspecified atom stereocenters. The molecular weight excluding hydrogens is 252 g/mol. The predicted molar refractivity (Wildman–Crippen MR) is 80.1 cm³/mol. The molecule has 4 atom stereocenters. The zero-order chi connectivity index (χ0) is 14.6. The summed E-state index contributed by atoms with van der Waals surface area (Å²) in [6.07, 6.45) is 9.07. The number of amides is 1. The molecule has 1 amide bonds. The van der Waals surface area contributed by atoms with Gasteiger partial charge in [-0.05, 0) is 31.6 Å². The smallest absolute Gasteiger partial charge is 0.224 e. The van der Waals surface area contributed by atoms with Gasteiger partial charge in [-0.1, -0.05) is 39.0 Å². The van der Waals surface area contributed by atoms with Crippen molar-refractivity contribution in [3.05, 3.63) is 0 Å². The number of carbonyl (C=O) groups is 1. The maximum Gasteiger partial charge on any atom is 0.224 e. The van der Waals surface area contributed by atoms with E-state index >= 15 is 0 Å². The zero-order valence-corrected chi connectivity index (χ0v) is 12.7. The second-order valence-corrected chi connectivity index (χ2v) is 7.05. The van der Waals surface area contributed by atoms with Crippen LogP contribution in [0, 0.1) is 11.8 Å². The highest BCUT2D eigenvalue weighted by molar-refractivity contribution is 5.79. The van der Waals surface area contributed by atoms with E-state index < -0.39 is 5.60 Å². The first kappa shape index (κ1) is 15.8. The third kappa shape index (κ3) is 4.19. The Morgan fingerprint density at radius 3 is 2.75 bits per heavy atom. The van der Waals surface area contributed by atoms with E-state index in [1.807, 2.05) is 0 Å². The summed E-state index contributed by atoms with van der Waals surface area (Å²) in [6.45, 7) is 2.56. The van der Waals surface area contributed by atoms with Gasteiger partial charge in [-0.3, -0.25) is 4.79 Å². The Kier molecular flexibility index (Phi) is 5.44. The minimum absolute atomic E-state index is 0.0163. The second-order valence-electron chi connectivity index (χ2n) is 7.05. The molecule has 0 aromatic heterocycles. The van der Waals surface area contributed by atoms with Crippen LogP contribution in [0.1, 0.15) is 64.7 Å². The van der Waals surface area contributed by atoms with E-state index in [-0.39, 0.29) is 17.9 Å². The third-order valence-corrected chi connectivity index (χ3v) is 5.07. The zero-order valence-electron chi connectivity index (χ0n) is 12.7. The van der Waals surface area contributed by atoms with E-state index in [1.165, 1.54) is 12.8 Å². The van der Waals surface area contributed by atoms with Gasteiger partial charge < -0.3 is 16.2 Å². The Morgan fingerprint density at radius 1 is 1.25 bits per heavy atom. The molecule has 20 heavy (non-hydrogen) atoms. The van der Waals surface area contributed by atoms with Crippen molar-refractivity contribution in [2.24, 2.45) is 17.6 Å². The summed E-state index contributed by atoms with van der Waals surface area (Å²) in [4.78, 5) is 12.3. The van der Waals surface area contributed by atoms with Crippen molar-refractivity contribution < 1.29 is 9.90 Å². The normalized spacial score (nSPS) is 39.0. The van der Waals surface area contributed by atoms with Crippen molar-refractivity contribution in [3.8, 4) is 0 Å². The fourth-order valence-corrected chi connectivity index (χ4v) is 3.84. The van der Waals surface area contributed by atoms with E-state index in [0.717, 1.165) is 44.9 Å². The quantitative estimate of drug-likeness (QED) is 0.693. The fraction of sp³-hybridized carbons (Fsp3) is 0.938. The third-order valence-electron chi connectivity index (χ3n) is 5.07. The molecule has 0 aromatic rings. The fourth-order valence-electron chi connectivity index (χ4n) is 3.84. The lowest BCUT2D eigenvalue weighted by Gasteiger charge is -2.36. The monoisotopic (exact) mass is 282 g/mol. The van der Waals surface area contributed by atoms with Crippen molar-refractivity contribution in [2.45, 2.75) is 76.4 Å². The van der Waals surface area contributed by atoms with E-state index in [1.54, 1.807) is 0 Å². The van der Waals surface area contributed by atoms with Crippen LogP contribution in [0.2, 0.25) is 0 Å². The average molecular weight is 282 g/mol. The Balaban J connectivity index is 1.84. The van der Waals surface area contributed by atoms with Gasteiger partial charge in [0.15, 0.2) is 0 Å². The van der Waals surface area contributed by atoms with Gasteiger partial charge in [0.1, 0.15) is 0 Å². The number of nitrogens with one attached hydrogen (secondary N) is 1. The summed E-state index contributed by atoms with van der Waals surface area (Å²) >= 11 is 0. The molecule has 0 radical (unpaired) electrons. The van der Waals surface area contributed by atoms with E-state index in [4.69, 9.17) is 5.73 Å². The lowest BCUT2D eigenvalue weighted by molar-refractivity contribution is -0.127. The van der Waals surface area contributed by atoms with Gasteiger partial charge in [0, 0.05) is 12.6 Å². The van der Waals surface area contributed by atoms with Crippen LogP contribution >= 0.6 is 0 Å². The van der Waals surface area contributed by atoms with Crippen LogP contribution in [0.3, 0.4) is 0 Å². The maximum atomic E-state index is 12.3. The van der Waals surface area contributed by atoms with Gasteiger partial charge in [-0.2, -0.15) is 0 Å². The van der Waals surface area contributed by atoms with E-state index in [0.29, 0.717) is 12.5 Å². The molecule has 2 fully saturated rings. The van der Waals surface area contributed by atoms with Crippen LogP contribution in [0.25, 0.3) is 0 Å².